The first-order valence-corrected chi connectivity index (χ1v) is 3.15. The van der Waals surface area contributed by atoms with E-state index in [2.05, 4.69) is 22.1 Å². The third-order valence-corrected chi connectivity index (χ3v) is 0.902. The van der Waals surface area contributed by atoms with Crippen LogP contribution in [0.4, 0.5) is 4.79 Å². The number of nitrogens with two attached hydrogens (primary N) is 2. The first-order chi connectivity index (χ1) is 5.54. The fraction of sp³-hybridized carbons (Fsp3) is 0.400. The Labute approximate surface area is 68.5 Å². The van der Waals surface area contributed by atoms with Gasteiger partial charge in [0.25, 0.3) is 0 Å². The molecule has 1 saturated heterocycles. The smallest absolute Gasteiger partial charge is 0.309 e. The van der Waals surface area contributed by atoms with Crippen LogP contribution in [0.15, 0.2) is 0 Å². The van der Waals surface area contributed by atoms with Gasteiger partial charge >= 0.3 is 17.8 Å². The molecule has 1 heterocycles. The van der Waals surface area contributed by atoms with Crippen molar-refractivity contribution < 1.29 is 14.4 Å². The molecule has 1 fully saturated rings. The van der Waals surface area contributed by atoms with E-state index in [-0.39, 0.29) is 0 Å². The molecule has 0 spiro atoms. The van der Waals surface area contributed by atoms with E-state index in [4.69, 9.17) is 4.79 Å². The van der Waals surface area contributed by atoms with Gasteiger partial charge in [0.05, 0.1) is 0 Å². The summed E-state index contributed by atoms with van der Waals surface area (Å²) in [5, 5.41) is 4.76. The first kappa shape index (κ1) is 10.2. The minimum Gasteiger partial charge on any atom is -0.352 e. The Kier molecular flexibility index (Phi) is 4.20. The molecule has 7 nitrogen and oxygen atoms in total. The summed E-state index contributed by atoms with van der Waals surface area (Å²) < 4.78 is 0. The summed E-state index contributed by atoms with van der Waals surface area (Å²) in [5.74, 6) is -1.06. The molecular formula is C5H10N4O3. The zero-order valence-corrected chi connectivity index (χ0v) is 6.29. The minimum atomic E-state index is -0.833. The van der Waals surface area contributed by atoms with Gasteiger partial charge in [-0.2, -0.15) is 0 Å². The lowest BCUT2D eigenvalue weighted by molar-refractivity contribution is -0.140. The van der Waals surface area contributed by atoms with Crippen LogP contribution in [0.5, 0.6) is 0 Å². The van der Waals surface area contributed by atoms with Crippen molar-refractivity contribution in [2.24, 2.45) is 11.5 Å². The maximum absolute atomic E-state index is 10.3. The lowest BCUT2D eigenvalue weighted by atomic mass is 10.4. The van der Waals surface area contributed by atoms with Crippen molar-refractivity contribution in [3.63, 3.8) is 0 Å². The van der Waals surface area contributed by atoms with Crippen molar-refractivity contribution in [2.45, 2.75) is 0 Å². The van der Waals surface area contributed by atoms with Crippen molar-refractivity contribution >= 4 is 17.8 Å². The molecule has 0 aliphatic carbocycles. The third-order valence-electron chi connectivity index (χ3n) is 0.902. The average molecular weight is 174 g/mol. The summed E-state index contributed by atoms with van der Waals surface area (Å²) in [6.45, 7) is 1.09. The highest BCUT2D eigenvalue weighted by Gasteiger charge is 2.15. The molecule has 0 bridgehead atoms. The maximum Gasteiger partial charge on any atom is 0.309 e. The van der Waals surface area contributed by atoms with Gasteiger partial charge in [-0.3, -0.25) is 9.59 Å². The van der Waals surface area contributed by atoms with E-state index in [1.807, 2.05) is 0 Å². The van der Waals surface area contributed by atoms with E-state index < -0.39 is 17.8 Å². The van der Waals surface area contributed by atoms with Gasteiger partial charge in [0.15, 0.2) is 0 Å². The Morgan fingerprint density at radius 3 is 1.50 bits per heavy atom. The number of urea groups is 1. The summed E-state index contributed by atoms with van der Waals surface area (Å²) in [6, 6.07) is -0.833. The lowest BCUT2D eigenvalue weighted by Gasteiger charge is -2.10. The van der Waals surface area contributed by atoms with Gasteiger partial charge in [-0.1, -0.05) is 0 Å². The zero-order valence-electron chi connectivity index (χ0n) is 6.29. The van der Waals surface area contributed by atoms with Crippen LogP contribution in [0.2, 0.25) is 0 Å². The average Bonchev–Trinajstić information content (AvgIpc) is 1.94. The number of primary amides is 2. The molecule has 6 N–H and O–H groups in total. The molecule has 68 valence electrons. The molecule has 0 aromatic heterocycles. The minimum absolute atomic E-state index is 0.531. The van der Waals surface area contributed by atoms with E-state index in [0.717, 1.165) is 0 Å². The van der Waals surface area contributed by atoms with Gasteiger partial charge in [0, 0.05) is 13.1 Å². The van der Waals surface area contributed by atoms with Crippen LogP contribution in [0, 0.1) is 0 Å². The predicted octanol–water partition coefficient (Wildman–Crippen LogP) is -2.74. The van der Waals surface area contributed by atoms with Crippen molar-refractivity contribution in [1.82, 2.24) is 10.6 Å². The van der Waals surface area contributed by atoms with E-state index in [0.29, 0.717) is 13.1 Å². The second kappa shape index (κ2) is 4.94. The number of nitrogens with one attached hydrogen (secondary N) is 2. The predicted molar refractivity (Wildman–Crippen MR) is 39.8 cm³/mol. The molecule has 1 aliphatic rings. The van der Waals surface area contributed by atoms with Gasteiger partial charge in [-0.15, -0.1) is 0 Å². The molecular weight excluding hydrogens is 164 g/mol. The molecule has 4 amide bonds. The van der Waals surface area contributed by atoms with Gasteiger partial charge in [0.2, 0.25) is 0 Å². The highest BCUT2D eigenvalue weighted by molar-refractivity contribution is 6.35. The Hall–Kier alpha value is -1.79. The third kappa shape index (κ3) is 5.03. The Balaban J connectivity index is 0.000000261. The Morgan fingerprint density at radius 2 is 1.33 bits per heavy atom. The summed E-state index contributed by atoms with van der Waals surface area (Å²) in [5.41, 5.74) is 8.50. The highest BCUT2D eigenvalue weighted by Crippen LogP contribution is 1.73. The van der Waals surface area contributed by atoms with Crippen LogP contribution in [0.1, 0.15) is 0 Å². The first-order valence-electron chi connectivity index (χ1n) is 3.15. The Morgan fingerprint density at radius 1 is 1.08 bits per heavy atom. The van der Waals surface area contributed by atoms with Crippen LogP contribution in [0.25, 0.3) is 0 Å². The molecule has 1 rings (SSSR count). The fourth-order valence-electron chi connectivity index (χ4n) is 0.513. The van der Waals surface area contributed by atoms with Gasteiger partial charge < -0.3 is 22.1 Å². The van der Waals surface area contributed by atoms with Crippen LogP contribution >= 0.6 is 0 Å². The molecule has 1 aliphatic heterocycles. The van der Waals surface area contributed by atoms with Crippen LogP contribution < -0.4 is 22.1 Å². The zero-order chi connectivity index (χ0) is 9.56. The lowest BCUT2D eigenvalue weighted by Crippen LogP contribution is -2.49. The standard InChI is InChI=1S/C4H6N2O2.CH4N2O/c7-3-4(8)6-2-1-5-3;2-1(3)4/h1-2H2,(H,5,7)(H,6,8);(H4,2,3,4). The Bertz CT molecular complexity index is 183. The van der Waals surface area contributed by atoms with Crippen LogP contribution in [0.3, 0.4) is 0 Å². The van der Waals surface area contributed by atoms with E-state index in [9.17, 15) is 9.59 Å². The molecule has 0 unspecified atom stereocenters. The highest BCUT2D eigenvalue weighted by atomic mass is 16.2. The van der Waals surface area contributed by atoms with Crippen molar-refractivity contribution in [1.29, 1.82) is 0 Å². The molecule has 0 aromatic rings. The normalized spacial score (nSPS) is 15.0. The number of amides is 4. The van der Waals surface area contributed by atoms with Crippen molar-refractivity contribution in [2.75, 3.05) is 13.1 Å². The molecule has 0 radical (unpaired) electrons. The van der Waals surface area contributed by atoms with Crippen molar-refractivity contribution in [3.05, 3.63) is 0 Å². The molecule has 0 saturated carbocycles. The molecule has 7 heteroatoms. The summed E-state index contributed by atoms with van der Waals surface area (Å²) in [4.78, 5) is 29.5. The summed E-state index contributed by atoms with van der Waals surface area (Å²) >= 11 is 0. The quantitative estimate of drug-likeness (QED) is 0.297. The number of rotatable bonds is 0. The molecule has 0 atom stereocenters. The number of carbonyl (C=O) groups excluding carboxylic acids is 3. The maximum atomic E-state index is 10.3. The van der Waals surface area contributed by atoms with Crippen LogP contribution in [-0.2, 0) is 9.59 Å². The largest absolute Gasteiger partial charge is 0.352 e. The SMILES string of the molecule is NC(N)=O.O=C1NCCNC1=O. The second-order valence-corrected chi connectivity index (χ2v) is 1.91. The van der Waals surface area contributed by atoms with E-state index in [1.165, 1.54) is 0 Å². The van der Waals surface area contributed by atoms with Crippen LogP contribution in [-0.4, -0.2) is 30.9 Å². The summed E-state index contributed by atoms with van der Waals surface area (Å²) in [7, 11) is 0. The fourth-order valence-corrected chi connectivity index (χ4v) is 0.513. The number of hydrogen-bond donors (Lipinski definition) is 4. The molecule has 12 heavy (non-hydrogen) atoms. The van der Waals surface area contributed by atoms with E-state index >= 15 is 0 Å². The number of piperazine rings is 1. The van der Waals surface area contributed by atoms with Gasteiger partial charge in [0.1, 0.15) is 0 Å². The number of hydrogen-bond acceptors (Lipinski definition) is 3. The monoisotopic (exact) mass is 174 g/mol. The molecule has 0 aromatic carbocycles. The topological polar surface area (TPSA) is 127 Å². The van der Waals surface area contributed by atoms with Gasteiger partial charge in [-0.25, -0.2) is 4.79 Å². The van der Waals surface area contributed by atoms with Gasteiger partial charge in [-0.05, 0) is 0 Å². The second-order valence-electron chi connectivity index (χ2n) is 1.91. The van der Waals surface area contributed by atoms with E-state index in [1.54, 1.807) is 0 Å². The number of carbonyl (C=O) groups is 3. The van der Waals surface area contributed by atoms with Crippen molar-refractivity contribution in [3.8, 4) is 0 Å². The summed E-state index contributed by atoms with van der Waals surface area (Å²) in [6.07, 6.45) is 0.